The van der Waals surface area contributed by atoms with Gasteiger partial charge in [0.1, 0.15) is 0 Å². The molecule has 2 heteroatoms. The fourth-order valence-corrected chi connectivity index (χ4v) is 4.07. The minimum absolute atomic E-state index is 1.02. The second-order valence-corrected chi connectivity index (χ2v) is 6.49. The van der Waals surface area contributed by atoms with Gasteiger partial charge >= 0.3 is 0 Å². The van der Waals surface area contributed by atoms with Crippen LogP contribution in [0.3, 0.4) is 0 Å². The molecule has 3 aliphatic carbocycles. The topological polar surface area (TPSA) is 17.8 Å². The van der Waals surface area contributed by atoms with E-state index in [1.165, 1.54) is 48.1 Å². The van der Waals surface area contributed by atoms with Crippen molar-refractivity contribution in [2.75, 3.05) is 0 Å². The molecule has 0 aliphatic heterocycles. The fraction of sp³-hybridized carbons (Fsp3) is 0.450. The summed E-state index contributed by atoms with van der Waals surface area (Å²) in [7, 11) is 0. The van der Waals surface area contributed by atoms with Gasteiger partial charge in [0.05, 0.1) is 6.20 Å². The van der Waals surface area contributed by atoms with Crippen LogP contribution in [0.25, 0.3) is 5.57 Å². The largest absolute Gasteiger partial charge is 0.269 e. The summed E-state index contributed by atoms with van der Waals surface area (Å²) in [5, 5.41) is 4.68. The zero-order valence-corrected chi connectivity index (χ0v) is 13.4. The van der Waals surface area contributed by atoms with Gasteiger partial charge in [-0.3, -0.25) is 4.68 Å². The van der Waals surface area contributed by atoms with Gasteiger partial charge in [0.15, 0.2) is 0 Å². The number of aromatic nitrogens is 2. The monoisotopic (exact) mass is 292 g/mol. The molecule has 0 unspecified atom stereocenters. The Morgan fingerprint density at radius 1 is 1.14 bits per heavy atom. The minimum Gasteiger partial charge on any atom is -0.269 e. The number of hydrogen-bond acceptors (Lipinski definition) is 1. The molecule has 3 aliphatic rings. The molecule has 22 heavy (non-hydrogen) atoms. The molecule has 0 saturated carbocycles. The standard InChI is InChI=1S/C20H24N2/c1-2-15-6-5-11-20-19(15)14-21-22(20)13-12-17-8-3-7-16-9-4-10-18(16)17/h4,6,8,10,14H,2-3,5,7,9,11-13H2,1H3. The van der Waals surface area contributed by atoms with Gasteiger partial charge in [0, 0.05) is 17.8 Å². The third-order valence-electron chi connectivity index (χ3n) is 5.25. The molecule has 114 valence electrons. The molecule has 0 fully saturated rings. The van der Waals surface area contributed by atoms with Gasteiger partial charge in [-0.25, -0.2) is 0 Å². The van der Waals surface area contributed by atoms with E-state index in [0.717, 1.165) is 25.8 Å². The third-order valence-corrected chi connectivity index (χ3v) is 5.25. The Morgan fingerprint density at radius 3 is 2.91 bits per heavy atom. The Bertz CT molecular complexity index is 710. The van der Waals surface area contributed by atoms with E-state index >= 15 is 0 Å². The molecule has 1 aromatic rings. The molecule has 0 N–H and O–H groups in total. The SMILES string of the molecule is CCC1=CCCc2c1cnn2CCC1=CCCC2=C1C=CC2. The van der Waals surface area contributed by atoms with Gasteiger partial charge in [0.25, 0.3) is 0 Å². The summed E-state index contributed by atoms with van der Waals surface area (Å²) in [6, 6.07) is 0. The Balaban J connectivity index is 1.52. The number of aryl methyl sites for hydroxylation is 1. The van der Waals surface area contributed by atoms with Gasteiger partial charge in [-0.15, -0.1) is 0 Å². The van der Waals surface area contributed by atoms with Crippen LogP contribution in [-0.4, -0.2) is 9.78 Å². The summed E-state index contributed by atoms with van der Waals surface area (Å²) in [6.45, 7) is 3.26. The van der Waals surface area contributed by atoms with Crippen molar-refractivity contribution in [3.05, 3.63) is 58.5 Å². The highest BCUT2D eigenvalue weighted by atomic mass is 15.3. The smallest absolute Gasteiger partial charge is 0.0567 e. The van der Waals surface area contributed by atoms with E-state index in [9.17, 15) is 0 Å². The van der Waals surface area contributed by atoms with E-state index < -0.39 is 0 Å². The van der Waals surface area contributed by atoms with E-state index in [1.807, 2.05) is 0 Å². The van der Waals surface area contributed by atoms with E-state index in [1.54, 1.807) is 11.1 Å². The molecule has 1 heterocycles. The molecule has 4 rings (SSSR count). The number of allylic oxidation sites excluding steroid dienone is 8. The number of rotatable bonds is 4. The van der Waals surface area contributed by atoms with Gasteiger partial charge < -0.3 is 0 Å². The Labute approximate surface area is 132 Å². The van der Waals surface area contributed by atoms with Crippen LogP contribution < -0.4 is 0 Å². The Hall–Kier alpha value is -1.83. The van der Waals surface area contributed by atoms with Crippen molar-refractivity contribution >= 4 is 5.57 Å². The third kappa shape index (κ3) is 2.31. The zero-order chi connectivity index (χ0) is 14.9. The second-order valence-electron chi connectivity index (χ2n) is 6.49. The maximum atomic E-state index is 4.68. The maximum absolute atomic E-state index is 4.68. The van der Waals surface area contributed by atoms with Crippen molar-refractivity contribution in [2.24, 2.45) is 0 Å². The highest BCUT2D eigenvalue weighted by Gasteiger charge is 2.19. The first-order valence-corrected chi connectivity index (χ1v) is 8.69. The summed E-state index contributed by atoms with van der Waals surface area (Å²) in [5.74, 6) is 0. The van der Waals surface area contributed by atoms with E-state index in [-0.39, 0.29) is 0 Å². The van der Waals surface area contributed by atoms with Crippen LogP contribution in [0.5, 0.6) is 0 Å². The average molecular weight is 292 g/mol. The summed E-state index contributed by atoms with van der Waals surface area (Å²) < 4.78 is 2.26. The summed E-state index contributed by atoms with van der Waals surface area (Å²) in [6.07, 6.45) is 19.8. The molecule has 0 spiro atoms. The second kappa shape index (κ2) is 5.75. The van der Waals surface area contributed by atoms with Crippen LogP contribution >= 0.6 is 0 Å². The molecule has 0 radical (unpaired) electrons. The molecule has 0 saturated heterocycles. The van der Waals surface area contributed by atoms with Gasteiger partial charge in [-0.05, 0) is 61.7 Å². The lowest BCUT2D eigenvalue weighted by atomic mass is 9.91. The summed E-state index contributed by atoms with van der Waals surface area (Å²) in [5.41, 5.74) is 9.05. The van der Waals surface area contributed by atoms with Gasteiger partial charge in [-0.2, -0.15) is 5.10 Å². The van der Waals surface area contributed by atoms with Crippen molar-refractivity contribution in [3.63, 3.8) is 0 Å². The van der Waals surface area contributed by atoms with Crippen LogP contribution in [0.2, 0.25) is 0 Å². The lowest BCUT2D eigenvalue weighted by molar-refractivity contribution is 0.580. The number of fused-ring (bicyclic) bond motifs is 1. The normalized spacial score (nSPS) is 19.9. The first-order chi connectivity index (χ1) is 10.9. The quantitative estimate of drug-likeness (QED) is 0.764. The van der Waals surface area contributed by atoms with Crippen molar-refractivity contribution in [1.82, 2.24) is 9.78 Å². The van der Waals surface area contributed by atoms with Crippen LogP contribution in [0.4, 0.5) is 0 Å². The van der Waals surface area contributed by atoms with Crippen molar-refractivity contribution in [1.29, 1.82) is 0 Å². The fourth-order valence-electron chi connectivity index (χ4n) is 4.07. The highest BCUT2D eigenvalue weighted by molar-refractivity contribution is 5.68. The Kier molecular flexibility index (Phi) is 3.61. The number of hydrogen-bond donors (Lipinski definition) is 0. The van der Waals surface area contributed by atoms with Crippen LogP contribution in [0, 0.1) is 0 Å². The predicted octanol–water partition coefficient (Wildman–Crippen LogP) is 4.99. The van der Waals surface area contributed by atoms with Gasteiger partial charge in [0.2, 0.25) is 0 Å². The molecule has 0 aromatic carbocycles. The molecule has 0 amide bonds. The zero-order valence-electron chi connectivity index (χ0n) is 13.4. The first-order valence-electron chi connectivity index (χ1n) is 8.69. The molecular weight excluding hydrogens is 268 g/mol. The van der Waals surface area contributed by atoms with Crippen LogP contribution in [-0.2, 0) is 13.0 Å². The first kappa shape index (κ1) is 13.8. The molecule has 1 aromatic heterocycles. The van der Waals surface area contributed by atoms with Crippen molar-refractivity contribution in [2.45, 2.75) is 58.4 Å². The summed E-state index contributed by atoms with van der Waals surface area (Å²) in [4.78, 5) is 0. The molecule has 0 bridgehead atoms. The summed E-state index contributed by atoms with van der Waals surface area (Å²) >= 11 is 0. The van der Waals surface area contributed by atoms with Crippen LogP contribution in [0.1, 0.15) is 56.7 Å². The lowest BCUT2D eigenvalue weighted by Gasteiger charge is -2.18. The molecule has 0 atom stereocenters. The maximum Gasteiger partial charge on any atom is 0.0567 e. The predicted molar refractivity (Wildman–Crippen MR) is 91.5 cm³/mol. The lowest BCUT2D eigenvalue weighted by Crippen LogP contribution is -2.10. The Morgan fingerprint density at radius 2 is 2.00 bits per heavy atom. The van der Waals surface area contributed by atoms with E-state index in [2.05, 4.69) is 47.2 Å². The molecule has 2 nitrogen and oxygen atoms in total. The van der Waals surface area contributed by atoms with Crippen molar-refractivity contribution in [3.8, 4) is 0 Å². The highest BCUT2D eigenvalue weighted by Crippen LogP contribution is 2.35. The van der Waals surface area contributed by atoms with E-state index in [0.29, 0.717) is 0 Å². The average Bonchev–Trinajstić information content (AvgIpc) is 3.19. The molecular formula is C20H24N2. The van der Waals surface area contributed by atoms with E-state index in [4.69, 9.17) is 0 Å². The van der Waals surface area contributed by atoms with Crippen LogP contribution in [0.15, 0.2) is 47.2 Å². The minimum atomic E-state index is 1.02. The van der Waals surface area contributed by atoms with Crippen molar-refractivity contribution < 1.29 is 0 Å². The number of nitrogens with zero attached hydrogens (tertiary/aromatic N) is 2. The van der Waals surface area contributed by atoms with Gasteiger partial charge in [-0.1, -0.05) is 36.8 Å².